The van der Waals surface area contributed by atoms with Gasteiger partial charge in [-0.05, 0) is 18.0 Å². The lowest BCUT2D eigenvalue weighted by atomic mass is 10.3. The number of thiophene rings is 1. The van der Waals surface area contributed by atoms with Crippen molar-refractivity contribution in [3.63, 3.8) is 0 Å². The van der Waals surface area contributed by atoms with E-state index in [0.717, 1.165) is 27.9 Å². The fraction of sp³-hybridized carbons (Fsp3) is 0.300. The van der Waals surface area contributed by atoms with Gasteiger partial charge in [-0.15, -0.1) is 11.3 Å². The maximum atomic E-state index is 6.04. The van der Waals surface area contributed by atoms with Gasteiger partial charge in [-0.2, -0.15) is 0 Å². The Morgan fingerprint density at radius 1 is 1.60 bits per heavy atom. The summed E-state index contributed by atoms with van der Waals surface area (Å²) in [5.41, 5.74) is 0.904. The molecule has 0 spiro atoms. The van der Waals surface area contributed by atoms with Crippen LogP contribution in [0.25, 0.3) is 10.6 Å². The normalized spacial score (nSPS) is 10.8. The molecule has 1 N–H and O–H groups in total. The number of hydrogen-bond donors (Lipinski definition) is 1. The van der Waals surface area contributed by atoms with Crippen molar-refractivity contribution in [1.82, 2.24) is 10.3 Å². The summed E-state index contributed by atoms with van der Waals surface area (Å²) in [5.74, 6) is 0.774. The van der Waals surface area contributed by atoms with Crippen LogP contribution in [0.1, 0.15) is 12.6 Å². The first-order valence-electron chi connectivity index (χ1n) is 4.69. The number of halogens is 1. The molecule has 0 unspecified atom stereocenters. The molecule has 2 aromatic rings. The van der Waals surface area contributed by atoms with E-state index in [2.05, 4.69) is 17.2 Å². The van der Waals surface area contributed by atoms with E-state index < -0.39 is 0 Å². The monoisotopic (exact) mass is 242 g/mol. The first-order valence-corrected chi connectivity index (χ1v) is 5.95. The Morgan fingerprint density at radius 2 is 2.47 bits per heavy atom. The van der Waals surface area contributed by atoms with Crippen molar-refractivity contribution in [2.24, 2.45) is 0 Å². The third-order valence-corrected chi connectivity index (χ3v) is 3.35. The number of oxazole rings is 1. The van der Waals surface area contributed by atoms with Gasteiger partial charge in [0.15, 0.2) is 12.2 Å². The fourth-order valence-electron chi connectivity index (χ4n) is 1.28. The lowest BCUT2D eigenvalue weighted by Crippen LogP contribution is -2.12. The average molecular weight is 243 g/mol. The molecule has 0 aliphatic heterocycles. The van der Waals surface area contributed by atoms with Gasteiger partial charge in [0, 0.05) is 6.54 Å². The Morgan fingerprint density at radius 3 is 3.13 bits per heavy atom. The number of hydrogen-bond acceptors (Lipinski definition) is 4. The second-order valence-electron chi connectivity index (χ2n) is 3.01. The summed E-state index contributed by atoms with van der Waals surface area (Å²) in [5, 5.41) is 5.87. The molecular weight excluding hydrogens is 232 g/mol. The van der Waals surface area contributed by atoms with E-state index in [9.17, 15) is 0 Å². The largest absolute Gasteiger partial charge is 0.442 e. The molecule has 3 nitrogen and oxygen atoms in total. The van der Waals surface area contributed by atoms with Crippen molar-refractivity contribution in [2.45, 2.75) is 13.5 Å². The molecule has 0 saturated heterocycles. The number of nitrogens with zero attached hydrogens (tertiary/aromatic N) is 1. The molecule has 15 heavy (non-hydrogen) atoms. The lowest BCUT2D eigenvalue weighted by Gasteiger charge is -1.99. The van der Waals surface area contributed by atoms with Gasteiger partial charge >= 0.3 is 0 Å². The highest BCUT2D eigenvalue weighted by molar-refractivity contribution is 7.14. The minimum absolute atomic E-state index is 0.705. The summed E-state index contributed by atoms with van der Waals surface area (Å²) in [6.07, 6.45) is 1.46. The van der Waals surface area contributed by atoms with E-state index in [0.29, 0.717) is 6.54 Å². The SMILES string of the molecule is CCNCc1ncoc1-c1sccc1Cl. The number of nitrogens with one attached hydrogen (secondary N) is 1. The summed E-state index contributed by atoms with van der Waals surface area (Å²) in [4.78, 5) is 5.12. The maximum Gasteiger partial charge on any atom is 0.181 e. The Hall–Kier alpha value is -0.840. The molecule has 2 aromatic heterocycles. The van der Waals surface area contributed by atoms with Crippen molar-refractivity contribution in [1.29, 1.82) is 0 Å². The smallest absolute Gasteiger partial charge is 0.181 e. The summed E-state index contributed by atoms with van der Waals surface area (Å²) >= 11 is 7.60. The van der Waals surface area contributed by atoms with E-state index in [1.807, 2.05) is 11.4 Å². The van der Waals surface area contributed by atoms with E-state index in [1.54, 1.807) is 11.3 Å². The molecular formula is C10H11ClN2OS. The Balaban J connectivity index is 2.29. The van der Waals surface area contributed by atoms with Crippen LogP contribution in [-0.4, -0.2) is 11.5 Å². The average Bonchev–Trinajstić information content (AvgIpc) is 2.82. The second-order valence-corrected chi connectivity index (χ2v) is 4.33. The highest BCUT2D eigenvalue weighted by Gasteiger charge is 2.14. The summed E-state index contributed by atoms with van der Waals surface area (Å²) in [6, 6.07) is 1.86. The van der Waals surface area contributed by atoms with Crippen LogP contribution in [0, 0.1) is 0 Å². The molecule has 0 aliphatic carbocycles. The van der Waals surface area contributed by atoms with Gasteiger partial charge in [0.05, 0.1) is 9.90 Å². The molecule has 0 bridgehead atoms. The molecule has 0 amide bonds. The molecule has 2 rings (SSSR count). The third-order valence-electron chi connectivity index (χ3n) is 2.01. The summed E-state index contributed by atoms with van der Waals surface area (Å²) in [6.45, 7) is 3.67. The fourth-order valence-corrected chi connectivity index (χ4v) is 2.43. The topological polar surface area (TPSA) is 38.1 Å². The minimum atomic E-state index is 0.705. The molecule has 0 atom stereocenters. The van der Waals surface area contributed by atoms with Crippen molar-refractivity contribution < 1.29 is 4.42 Å². The standard InChI is InChI=1S/C10H11ClN2OS/c1-2-12-5-8-9(14-6-13-8)10-7(11)3-4-15-10/h3-4,6,12H,2,5H2,1H3. The summed E-state index contributed by atoms with van der Waals surface area (Å²) in [7, 11) is 0. The van der Waals surface area contributed by atoms with Crippen LogP contribution >= 0.6 is 22.9 Å². The maximum absolute atomic E-state index is 6.04. The second kappa shape index (κ2) is 4.79. The van der Waals surface area contributed by atoms with E-state index in [-0.39, 0.29) is 0 Å². The van der Waals surface area contributed by atoms with Crippen molar-refractivity contribution in [3.05, 3.63) is 28.6 Å². The zero-order valence-electron chi connectivity index (χ0n) is 8.29. The minimum Gasteiger partial charge on any atom is -0.442 e. The van der Waals surface area contributed by atoms with Crippen LogP contribution in [0.3, 0.4) is 0 Å². The van der Waals surface area contributed by atoms with Gasteiger partial charge in [0.1, 0.15) is 5.69 Å². The van der Waals surface area contributed by atoms with Gasteiger partial charge in [0.25, 0.3) is 0 Å². The number of rotatable bonds is 4. The third kappa shape index (κ3) is 2.22. The predicted octanol–water partition coefficient (Wildman–Crippen LogP) is 3.17. The quantitative estimate of drug-likeness (QED) is 0.895. The number of aromatic nitrogens is 1. The highest BCUT2D eigenvalue weighted by Crippen LogP contribution is 2.34. The van der Waals surface area contributed by atoms with Crippen LogP contribution in [0.4, 0.5) is 0 Å². The zero-order valence-corrected chi connectivity index (χ0v) is 9.86. The van der Waals surface area contributed by atoms with Crippen LogP contribution in [0.2, 0.25) is 5.02 Å². The first kappa shape index (κ1) is 10.7. The molecule has 0 saturated carbocycles. The van der Waals surface area contributed by atoms with Crippen molar-refractivity contribution in [2.75, 3.05) is 6.54 Å². The molecule has 0 radical (unpaired) electrons. The Kier molecular flexibility index (Phi) is 3.41. The zero-order chi connectivity index (χ0) is 10.7. The van der Waals surface area contributed by atoms with Gasteiger partial charge in [-0.25, -0.2) is 4.98 Å². The van der Waals surface area contributed by atoms with Gasteiger partial charge in [0.2, 0.25) is 0 Å². The molecule has 0 aliphatic rings. The van der Waals surface area contributed by atoms with Gasteiger partial charge < -0.3 is 9.73 Å². The first-order chi connectivity index (χ1) is 7.33. The molecule has 0 fully saturated rings. The van der Waals surface area contributed by atoms with Crippen molar-refractivity contribution in [3.8, 4) is 10.6 Å². The van der Waals surface area contributed by atoms with Crippen LogP contribution in [0.15, 0.2) is 22.3 Å². The van der Waals surface area contributed by atoms with Gasteiger partial charge in [-0.1, -0.05) is 18.5 Å². The van der Waals surface area contributed by atoms with E-state index in [1.165, 1.54) is 6.39 Å². The molecule has 2 heterocycles. The van der Waals surface area contributed by atoms with Crippen LogP contribution < -0.4 is 5.32 Å². The predicted molar refractivity (Wildman–Crippen MR) is 62.2 cm³/mol. The van der Waals surface area contributed by atoms with Crippen molar-refractivity contribution >= 4 is 22.9 Å². The summed E-state index contributed by atoms with van der Waals surface area (Å²) < 4.78 is 5.36. The molecule has 80 valence electrons. The molecule has 0 aromatic carbocycles. The van der Waals surface area contributed by atoms with E-state index >= 15 is 0 Å². The Bertz CT molecular complexity index is 438. The highest BCUT2D eigenvalue weighted by atomic mass is 35.5. The van der Waals surface area contributed by atoms with E-state index in [4.69, 9.17) is 16.0 Å². The molecule has 5 heteroatoms. The van der Waals surface area contributed by atoms with Crippen LogP contribution in [0.5, 0.6) is 0 Å². The van der Waals surface area contributed by atoms with Crippen LogP contribution in [-0.2, 0) is 6.54 Å². The lowest BCUT2D eigenvalue weighted by molar-refractivity contribution is 0.571. The van der Waals surface area contributed by atoms with Gasteiger partial charge in [-0.3, -0.25) is 0 Å². The Labute approximate surface area is 97.1 Å².